The zero-order valence-electron chi connectivity index (χ0n) is 7.53. The molecule has 0 saturated heterocycles. The summed E-state index contributed by atoms with van der Waals surface area (Å²) in [5, 5.41) is 9.12. The molecule has 0 fully saturated rings. The highest BCUT2D eigenvalue weighted by Gasteiger charge is 2.06. The number of rotatable bonds is 1. The van der Waals surface area contributed by atoms with E-state index >= 15 is 0 Å². The van der Waals surface area contributed by atoms with Gasteiger partial charge in [0.05, 0.1) is 0 Å². The van der Waals surface area contributed by atoms with Gasteiger partial charge in [0.25, 0.3) is 0 Å². The molecule has 2 rings (SSSR count). The number of nitrogens with zero attached hydrogens (tertiary/aromatic N) is 1. The maximum atomic E-state index is 9.12. The minimum atomic E-state index is 0.320. The summed E-state index contributed by atoms with van der Waals surface area (Å²) in [6, 6.07) is 7.29. The summed E-state index contributed by atoms with van der Waals surface area (Å²) in [5.41, 5.74) is 2.34. The lowest BCUT2D eigenvalue weighted by atomic mass is 10.0. The summed E-state index contributed by atoms with van der Waals surface area (Å²) in [6.45, 7) is 0.955. The molecule has 2 nitrogen and oxygen atoms in total. The van der Waals surface area contributed by atoms with Crippen molar-refractivity contribution in [1.82, 2.24) is 0 Å². The van der Waals surface area contributed by atoms with E-state index < -0.39 is 0 Å². The standard InChI is InChI=1S/C11H13NO/c13-10-6-4-9(5-7-10)11-3-1-2-8-12-11/h4-7,13H,1-3,8H2. The van der Waals surface area contributed by atoms with Crippen molar-refractivity contribution in [3.63, 3.8) is 0 Å². The van der Waals surface area contributed by atoms with Crippen molar-refractivity contribution in [2.45, 2.75) is 19.3 Å². The van der Waals surface area contributed by atoms with Gasteiger partial charge >= 0.3 is 0 Å². The fourth-order valence-corrected chi connectivity index (χ4v) is 1.59. The zero-order valence-corrected chi connectivity index (χ0v) is 7.53. The Kier molecular flexibility index (Phi) is 2.30. The second kappa shape index (κ2) is 3.60. The van der Waals surface area contributed by atoms with Gasteiger partial charge in [0.1, 0.15) is 5.75 Å². The van der Waals surface area contributed by atoms with Crippen molar-refractivity contribution < 1.29 is 5.11 Å². The Balaban J connectivity index is 2.24. The molecule has 0 spiro atoms. The van der Waals surface area contributed by atoms with Gasteiger partial charge in [0, 0.05) is 12.3 Å². The van der Waals surface area contributed by atoms with E-state index in [1.807, 2.05) is 12.1 Å². The van der Waals surface area contributed by atoms with Crippen molar-refractivity contribution in [2.75, 3.05) is 6.54 Å². The molecule has 0 aliphatic carbocycles. The minimum Gasteiger partial charge on any atom is -0.508 e. The zero-order chi connectivity index (χ0) is 9.10. The van der Waals surface area contributed by atoms with Crippen LogP contribution in [0.2, 0.25) is 0 Å². The van der Waals surface area contributed by atoms with E-state index in [2.05, 4.69) is 4.99 Å². The van der Waals surface area contributed by atoms with Crippen LogP contribution in [0.1, 0.15) is 24.8 Å². The average Bonchev–Trinajstić information content (AvgIpc) is 2.20. The molecule has 1 aromatic carbocycles. The van der Waals surface area contributed by atoms with E-state index in [4.69, 9.17) is 5.11 Å². The number of benzene rings is 1. The lowest BCUT2D eigenvalue weighted by molar-refractivity contribution is 0.475. The van der Waals surface area contributed by atoms with Crippen molar-refractivity contribution in [1.29, 1.82) is 0 Å². The van der Waals surface area contributed by atoms with E-state index in [0.29, 0.717) is 5.75 Å². The quantitative estimate of drug-likeness (QED) is 0.698. The first-order valence-electron chi connectivity index (χ1n) is 4.69. The van der Waals surface area contributed by atoms with E-state index in [1.54, 1.807) is 12.1 Å². The van der Waals surface area contributed by atoms with Crippen LogP contribution in [0.5, 0.6) is 5.75 Å². The van der Waals surface area contributed by atoms with Gasteiger partial charge in [-0.3, -0.25) is 4.99 Å². The first-order valence-corrected chi connectivity index (χ1v) is 4.69. The topological polar surface area (TPSA) is 32.6 Å². The number of aliphatic imine (C=N–C) groups is 1. The molecule has 0 unspecified atom stereocenters. The van der Waals surface area contributed by atoms with Gasteiger partial charge in [-0.2, -0.15) is 0 Å². The van der Waals surface area contributed by atoms with Crippen LogP contribution in [0, 0.1) is 0 Å². The van der Waals surface area contributed by atoms with Gasteiger partial charge in [-0.25, -0.2) is 0 Å². The second-order valence-electron chi connectivity index (χ2n) is 3.33. The second-order valence-corrected chi connectivity index (χ2v) is 3.33. The molecule has 0 atom stereocenters. The highest BCUT2D eigenvalue weighted by atomic mass is 16.3. The molecule has 2 heteroatoms. The van der Waals surface area contributed by atoms with Crippen molar-refractivity contribution >= 4 is 5.71 Å². The van der Waals surface area contributed by atoms with E-state index in [-0.39, 0.29) is 0 Å². The van der Waals surface area contributed by atoms with E-state index in [0.717, 1.165) is 18.5 Å². The predicted molar refractivity (Wildman–Crippen MR) is 53.4 cm³/mol. The van der Waals surface area contributed by atoms with Crippen LogP contribution >= 0.6 is 0 Å². The summed E-state index contributed by atoms with van der Waals surface area (Å²) in [7, 11) is 0. The average molecular weight is 175 g/mol. The van der Waals surface area contributed by atoms with E-state index in [9.17, 15) is 0 Å². The third-order valence-corrected chi connectivity index (χ3v) is 2.32. The van der Waals surface area contributed by atoms with Crippen molar-refractivity contribution in [3.05, 3.63) is 29.8 Å². The van der Waals surface area contributed by atoms with Crippen LogP contribution in [0.4, 0.5) is 0 Å². The highest BCUT2D eigenvalue weighted by Crippen LogP contribution is 2.16. The van der Waals surface area contributed by atoms with Gasteiger partial charge in [-0.1, -0.05) is 0 Å². The van der Waals surface area contributed by atoms with Crippen LogP contribution in [-0.4, -0.2) is 17.4 Å². The minimum absolute atomic E-state index is 0.320. The summed E-state index contributed by atoms with van der Waals surface area (Å²) in [6.07, 6.45) is 3.52. The summed E-state index contributed by atoms with van der Waals surface area (Å²) < 4.78 is 0. The Morgan fingerprint density at radius 3 is 2.46 bits per heavy atom. The molecule has 0 aromatic heterocycles. The normalized spacial score (nSPS) is 16.8. The Hall–Kier alpha value is -1.31. The van der Waals surface area contributed by atoms with Gasteiger partial charge in [-0.05, 0) is 49.1 Å². The number of hydrogen-bond donors (Lipinski definition) is 1. The van der Waals surface area contributed by atoms with Crippen LogP contribution in [0.3, 0.4) is 0 Å². The smallest absolute Gasteiger partial charge is 0.115 e. The molecule has 0 amide bonds. The largest absolute Gasteiger partial charge is 0.508 e. The van der Waals surface area contributed by atoms with Gasteiger partial charge in [0.2, 0.25) is 0 Å². The fraction of sp³-hybridized carbons (Fsp3) is 0.364. The fourth-order valence-electron chi connectivity index (χ4n) is 1.59. The summed E-state index contributed by atoms with van der Waals surface area (Å²) in [4.78, 5) is 4.46. The van der Waals surface area contributed by atoms with Crippen LogP contribution in [-0.2, 0) is 0 Å². The van der Waals surface area contributed by atoms with Crippen LogP contribution in [0.15, 0.2) is 29.3 Å². The molecule has 1 N–H and O–H groups in total. The molecule has 1 aliphatic rings. The molecule has 68 valence electrons. The van der Waals surface area contributed by atoms with Crippen molar-refractivity contribution in [2.24, 2.45) is 4.99 Å². The van der Waals surface area contributed by atoms with Crippen LogP contribution < -0.4 is 0 Å². The third kappa shape index (κ3) is 1.89. The number of phenolic OH excluding ortho intramolecular Hbond substituents is 1. The third-order valence-electron chi connectivity index (χ3n) is 2.32. The number of phenols is 1. The molecule has 1 heterocycles. The maximum Gasteiger partial charge on any atom is 0.115 e. The molecule has 1 aromatic rings. The Morgan fingerprint density at radius 1 is 1.08 bits per heavy atom. The number of hydrogen-bond acceptors (Lipinski definition) is 2. The molecule has 0 bridgehead atoms. The van der Waals surface area contributed by atoms with E-state index in [1.165, 1.54) is 18.6 Å². The molecular weight excluding hydrogens is 162 g/mol. The van der Waals surface area contributed by atoms with Gasteiger partial charge < -0.3 is 5.11 Å². The number of aromatic hydroxyl groups is 1. The molecule has 0 saturated carbocycles. The Bertz CT molecular complexity index is 313. The van der Waals surface area contributed by atoms with Crippen LogP contribution in [0.25, 0.3) is 0 Å². The Morgan fingerprint density at radius 2 is 1.85 bits per heavy atom. The molecule has 0 radical (unpaired) electrons. The summed E-state index contributed by atoms with van der Waals surface area (Å²) in [5.74, 6) is 0.320. The molecule has 13 heavy (non-hydrogen) atoms. The monoisotopic (exact) mass is 175 g/mol. The van der Waals surface area contributed by atoms with Crippen molar-refractivity contribution in [3.8, 4) is 5.75 Å². The first kappa shape index (κ1) is 8.30. The summed E-state index contributed by atoms with van der Waals surface area (Å²) >= 11 is 0. The van der Waals surface area contributed by atoms with Gasteiger partial charge in [0.15, 0.2) is 0 Å². The van der Waals surface area contributed by atoms with Gasteiger partial charge in [-0.15, -0.1) is 0 Å². The SMILES string of the molecule is Oc1ccc(C2=NCCCC2)cc1. The molecule has 1 aliphatic heterocycles. The maximum absolute atomic E-state index is 9.12. The lowest BCUT2D eigenvalue weighted by Gasteiger charge is -2.11. The Labute approximate surface area is 77.9 Å². The lowest BCUT2D eigenvalue weighted by Crippen LogP contribution is -2.07. The first-order chi connectivity index (χ1) is 6.36. The molecular formula is C11H13NO. The highest BCUT2D eigenvalue weighted by molar-refractivity contribution is 6.00. The predicted octanol–water partition coefficient (Wildman–Crippen LogP) is 2.37.